The van der Waals surface area contributed by atoms with Crippen LogP contribution in [-0.2, 0) is 6.42 Å². The average Bonchev–Trinajstić information content (AvgIpc) is 2.49. The standard InChI is InChI=1S/C15H18N4O2/c1-2-4-11-7-9-12(10-8-11)17-13-5-3-6-14(18-16)15(13)19(20)21/h3,5-10,17-18H,2,4,16H2,1H3. The lowest BCUT2D eigenvalue weighted by molar-refractivity contribution is -0.383. The molecule has 0 atom stereocenters. The Labute approximate surface area is 123 Å². The Morgan fingerprint density at radius 1 is 1.14 bits per heavy atom. The predicted octanol–water partition coefficient (Wildman–Crippen LogP) is 3.58. The first-order valence-electron chi connectivity index (χ1n) is 6.75. The maximum atomic E-state index is 11.2. The molecule has 0 bridgehead atoms. The second-order valence-corrected chi connectivity index (χ2v) is 4.68. The van der Waals surface area contributed by atoms with Crippen LogP contribution >= 0.6 is 0 Å². The number of nitro groups is 1. The van der Waals surface area contributed by atoms with Crippen LogP contribution in [0.15, 0.2) is 42.5 Å². The number of para-hydroxylation sites is 1. The first-order chi connectivity index (χ1) is 10.2. The molecule has 4 N–H and O–H groups in total. The molecule has 0 aliphatic carbocycles. The Bertz CT molecular complexity index is 626. The first kappa shape index (κ1) is 14.8. The third-order valence-corrected chi connectivity index (χ3v) is 3.15. The zero-order chi connectivity index (χ0) is 15.2. The quantitative estimate of drug-likeness (QED) is 0.429. The SMILES string of the molecule is CCCc1ccc(Nc2cccc(NN)c2[N+](=O)[O-])cc1. The number of nitrogens with zero attached hydrogens (tertiary/aromatic N) is 1. The average molecular weight is 286 g/mol. The van der Waals surface area contributed by atoms with E-state index >= 15 is 0 Å². The highest BCUT2D eigenvalue weighted by Crippen LogP contribution is 2.34. The summed E-state index contributed by atoms with van der Waals surface area (Å²) < 4.78 is 0. The van der Waals surface area contributed by atoms with Crippen molar-refractivity contribution in [1.82, 2.24) is 0 Å². The van der Waals surface area contributed by atoms with Gasteiger partial charge in [0.2, 0.25) is 0 Å². The van der Waals surface area contributed by atoms with Gasteiger partial charge in [0.15, 0.2) is 0 Å². The number of anilines is 3. The van der Waals surface area contributed by atoms with Gasteiger partial charge in [-0.25, -0.2) is 0 Å². The van der Waals surface area contributed by atoms with Gasteiger partial charge in [0.1, 0.15) is 11.4 Å². The van der Waals surface area contributed by atoms with Crippen molar-refractivity contribution < 1.29 is 4.92 Å². The third kappa shape index (κ3) is 3.49. The smallest absolute Gasteiger partial charge is 0.316 e. The molecule has 110 valence electrons. The summed E-state index contributed by atoms with van der Waals surface area (Å²) in [7, 11) is 0. The summed E-state index contributed by atoms with van der Waals surface area (Å²) in [6.45, 7) is 2.13. The number of hydrogen-bond donors (Lipinski definition) is 3. The summed E-state index contributed by atoms with van der Waals surface area (Å²) in [6.07, 6.45) is 2.11. The third-order valence-electron chi connectivity index (χ3n) is 3.15. The fraction of sp³-hybridized carbons (Fsp3) is 0.200. The summed E-state index contributed by atoms with van der Waals surface area (Å²) in [5.41, 5.74) is 4.99. The van der Waals surface area contributed by atoms with Crippen LogP contribution in [0.25, 0.3) is 0 Å². The van der Waals surface area contributed by atoms with Crippen molar-refractivity contribution in [2.24, 2.45) is 5.84 Å². The number of rotatable bonds is 6. The zero-order valence-electron chi connectivity index (χ0n) is 11.8. The van der Waals surface area contributed by atoms with Crippen LogP contribution in [0.5, 0.6) is 0 Å². The molecule has 6 heteroatoms. The van der Waals surface area contributed by atoms with Gasteiger partial charge < -0.3 is 10.7 Å². The lowest BCUT2D eigenvalue weighted by atomic mass is 10.1. The Kier molecular flexibility index (Phi) is 4.73. The van der Waals surface area contributed by atoms with Gasteiger partial charge in [-0.15, -0.1) is 0 Å². The zero-order valence-corrected chi connectivity index (χ0v) is 11.8. The molecule has 0 aliphatic heterocycles. The van der Waals surface area contributed by atoms with Crippen molar-refractivity contribution in [3.05, 3.63) is 58.1 Å². The van der Waals surface area contributed by atoms with Crippen LogP contribution in [0.2, 0.25) is 0 Å². The molecular formula is C15H18N4O2. The van der Waals surface area contributed by atoms with Crippen LogP contribution in [0.4, 0.5) is 22.7 Å². The summed E-state index contributed by atoms with van der Waals surface area (Å²) in [4.78, 5) is 10.7. The Hall–Kier alpha value is -2.60. The Balaban J connectivity index is 2.28. The highest BCUT2D eigenvalue weighted by Gasteiger charge is 2.19. The number of nitrogen functional groups attached to an aromatic ring is 1. The summed E-state index contributed by atoms with van der Waals surface area (Å²) >= 11 is 0. The van der Waals surface area contributed by atoms with Crippen LogP contribution in [0, 0.1) is 10.1 Å². The molecule has 0 saturated carbocycles. The molecular weight excluding hydrogens is 268 g/mol. The number of hydrazine groups is 1. The molecule has 2 aromatic carbocycles. The van der Waals surface area contributed by atoms with Crippen molar-refractivity contribution in [3.8, 4) is 0 Å². The summed E-state index contributed by atoms with van der Waals surface area (Å²) in [6, 6.07) is 12.8. The van der Waals surface area contributed by atoms with Crippen LogP contribution < -0.4 is 16.6 Å². The fourth-order valence-corrected chi connectivity index (χ4v) is 2.16. The molecule has 0 aliphatic rings. The maximum Gasteiger partial charge on any atom is 0.316 e. The maximum absolute atomic E-state index is 11.2. The number of aryl methyl sites for hydroxylation is 1. The van der Waals surface area contributed by atoms with Gasteiger partial charge in [-0.1, -0.05) is 31.5 Å². The molecule has 0 radical (unpaired) electrons. The Morgan fingerprint density at radius 2 is 1.81 bits per heavy atom. The van der Waals surface area contributed by atoms with Crippen LogP contribution in [-0.4, -0.2) is 4.92 Å². The van der Waals surface area contributed by atoms with Gasteiger partial charge in [-0.2, -0.15) is 0 Å². The van der Waals surface area contributed by atoms with Gasteiger partial charge in [-0.3, -0.25) is 16.0 Å². The van der Waals surface area contributed by atoms with Crippen LogP contribution in [0.1, 0.15) is 18.9 Å². The summed E-state index contributed by atoms with van der Waals surface area (Å²) in [5.74, 6) is 5.32. The van der Waals surface area contributed by atoms with E-state index in [1.807, 2.05) is 24.3 Å². The monoisotopic (exact) mass is 286 g/mol. The molecule has 6 nitrogen and oxygen atoms in total. The summed E-state index contributed by atoms with van der Waals surface area (Å²) in [5, 5.41) is 14.3. The number of nitro benzene ring substituents is 1. The number of nitrogens with two attached hydrogens (primary N) is 1. The molecule has 2 rings (SSSR count). The van der Waals surface area contributed by atoms with E-state index in [0.29, 0.717) is 5.69 Å². The van der Waals surface area contributed by atoms with Gasteiger partial charge in [-0.05, 0) is 36.2 Å². The van der Waals surface area contributed by atoms with Gasteiger partial charge >= 0.3 is 5.69 Å². The number of nitrogens with one attached hydrogen (secondary N) is 2. The van der Waals surface area contributed by atoms with E-state index in [4.69, 9.17) is 5.84 Å². The molecule has 21 heavy (non-hydrogen) atoms. The highest BCUT2D eigenvalue weighted by atomic mass is 16.6. The molecule has 0 amide bonds. The second-order valence-electron chi connectivity index (χ2n) is 4.68. The number of hydrogen-bond acceptors (Lipinski definition) is 5. The van der Waals surface area contributed by atoms with E-state index < -0.39 is 4.92 Å². The van der Waals surface area contributed by atoms with Crippen molar-refractivity contribution >= 4 is 22.7 Å². The topological polar surface area (TPSA) is 93.2 Å². The minimum Gasteiger partial charge on any atom is -0.350 e. The molecule has 0 saturated heterocycles. The van der Waals surface area contributed by atoms with Crippen molar-refractivity contribution in [3.63, 3.8) is 0 Å². The molecule has 0 aromatic heterocycles. The van der Waals surface area contributed by atoms with E-state index in [2.05, 4.69) is 17.7 Å². The van der Waals surface area contributed by atoms with Gasteiger partial charge in [0, 0.05) is 5.69 Å². The highest BCUT2D eigenvalue weighted by molar-refractivity contribution is 5.79. The first-order valence-corrected chi connectivity index (χ1v) is 6.75. The minimum absolute atomic E-state index is 0.0716. The number of benzene rings is 2. The largest absolute Gasteiger partial charge is 0.350 e. The van der Waals surface area contributed by atoms with Gasteiger partial charge in [0.05, 0.1) is 4.92 Å². The van der Waals surface area contributed by atoms with Crippen molar-refractivity contribution in [2.75, 3.05) is 10.7 Å². The van der Waals surface area contributed by atoms with E-state index in [1.165, 1.54) is 5.56 Å². The molecule has 0 heterocycles. The normalized spacial score (nSPS) is 10.2. The predicted molar refractivity (Wildman–Crippen MR) is 84.6 cm³/mol. The van der Waals surface area contributed by atoms with E-state index in [-0.39, 0.29) is 11.4 Å². The molecule has 2 aromatic rings. The minimum atomic E-state index is -0.455. The fourth-order valence-electron chi connectivity index (χ4n) is 2.16. The van der Waals surface area contributed by atoms with E-state index in [9.17, 15) is 10.1 Å². The molecule has 0 unspecified atom stereocenters. The second kappa shape index (κ2) is 6.71. The lowest BCUT2D eigenvalue weighted by Gasteiger charge is -2.10. The van der Waals surface area contributed by atoms with Crippen molar-refractivity contribution in [1.29, 1.82) is 0 Å². The molecule has 0 spiro atoms. The lowest BCUT2D eigenvalue weighted by Crippen LogP contribution is -2.10. The van der Waals surface area contributed by atoms with E-state index in [1.54, 1.807) is 18.2 Å². The molecule has 0 fully saturated rings. The van der Waals surface area contributed by atoms with Crippen LogP contribution in [0.3, 0.4) is 0 Å². The van der Waals surface area contributed by atoms with E-state index in [0.717, 1.165) is 18.5 Å². The Morgan fingerprint density at radius 3 is 2.38 bits per heavy atom. The van der Waals surface area contributed by atoms with Crippen molar-refractivity contribution in [2.45, 2.75) is 19.8 Å². The van der Waals surface area contributed by atoms with Gasteiger partial charge in [0.25, 0.3) is 0 Å².